The maximum absolute atomic E-state index is 13.8. The summed E-state index contributed by atoms with van der Waals surface area (Å²) in [5, 5.41) is 10.7. The van der Waals surface area contributed by atoms with Gasteiger partial charge in [-0.05, 0) is 47.9 Å². The second-order valence-electron chi connectivity index (χ2n) is 8.22. The first-order chi connectivity index (χ1) is 15.3. The van der Waals surface area contributed by atoms with Crippen molar-refractivity contribution in [3.63, 3.8) is 0 Å². The van der Waals surface area contributed by atoms with Crippen LogP contribution in [0.4, 0.5) is 5.95 Å². The average Bonchev–Trinajstić information content (AvgIpc) is 2.76. The predicted octanol–water partition coefficient (Wildman–Crippen LogP) is 5.53. The second kappa shape index (κ2) is 8.88. The third-order valence-electron chi connectivity index (χ3n) is 5.86. The Kier molecular flexibility index (Phi) is 6.17. The van der Waals surface area contributed by atoms with Crippen molar-refractivity contribution < 1.29 is 14.7 Å². The molecule has 6 nitrogen and oxygen atoms in total. The molecule has 1 aliphatic heterocycles. The molecule has 0 radical (unpaired) electrons. The number of amides is 1. The molecule has 3 aromatic rings. The molecule has 8 heteroatoms. The summed E-state index contributed by atoms with van der Waals surface area (Å²) in [6.07, 6.45) is 3.15. The number of carboxylic acid groups (broad SMARTS) is 1. The summed E-state index contributed by atoms with van der Waals surface area (Å²) in [5.41, 5.74) is 0.598. The molecule has 0 saturated carbocycles. The number of benzene rings is 2. The van der Waals surface area contributed by atoms with Gasteiger partial charge in [-0.2, -0.15) is 0 Å². The Morgan fingerprint density at radius 3 is 2.38 bits per heavy atom. The minimum Gasteiger partial charge on any atom is -0.481 e. The van der Waals surface area contributed by atoms with E-state index in [1.807, 2.05) is 30.3 Å². The average molecular weight is 470 g/mol. The molecule has 1 amide bonds. The first-order valence-corrected chi connectivity index (χ1v) is 10.9. The van der Waals surface area contributed by atoms with E-state index in [4.69, 9.17) is 23.2 Å². The third kappa shape index (κ3) is 4.33. The highest BCUT2D eigenvalue weighted by Crippen LogP contribution is 2.51. The number of piperidine rings is 1. The first kappa shape index (κ1) is 22.2. The van der Waals surface area contributed by atoms with E-state index in [1.54, 1.807) is 43.6 Å². The van der Waals surface area contributed by atoms with Crippen LogP contribution in [0.1, 0.15) is 42.9 Å². The van der Waals surface area contributed by atoms with Crippen LogP contribution in [0.3, 0.4) is 0 Å². The van der Waals surface area contributed by atoms with Crippen molar-refractivity contribution in [2.45, 2.75) is 31.7 Å². The first-order valence-electron chi connectivity index (χ1n) is 10.1. The van der Waals surface area contributed by atoms with Crippen molar-refractivity contribution in [3.8, 4) is 0 Å². The summed E-state index contributed by atoms with van der Waals surface area (Å²) >= 11 is 12.4. The normalized spacial score (nSPS) is 23.2. The van der Waals surface area contributed by atoms with Gasteiger partial charge in [0.2, 0.25) is 11.9 Å². The number of rotatable bonds is 5. The number of anilines is 1. The zero-order chi connectivity index (χ0) is 22.9. The van der Waals surface area contributed by atoms with E-state index in [0.29, 0.717) is 16.5 Å². The van der Waals surface area contributed by atoms with Gasteiger partial charge in [-0.25, -0.2) is 9.97 Å². The summed E-state index contributed by atoms with van der Waals surface area (Å²) in [7, 11) is 0. The smallest absolute Gasteiger partial charge is 0.304 e. The molecule has 1 N–H and O–H groups in total. The molecule has 1 aromatic heterocycles. The number of nitrogens with zero attached hydrogens (tertiary/aromatic N) is 3. The quantitative estimate of drug-likeness (QED) is 0.531. The van der Waals surface area contributed by atoms with Crippen molar-refractivity contribution in [1.29, 1.82) is 0 Å². The number of aromatic nitrogens is 2. The van der Waals surface area contributed by atoms with Crippen LogP contribution in [-0.4, -0.2) is 27.0 Å². The minimum atomic E-state index is -1.15. The molecular formula is C24H21Cl2N3O3. The molecular weight excluding hydrogens is 449 g/mol. The van der Waals surface area contributed by atoms with Gasteiger partial charge in [-0.15, -0.1) is 0 Å². The van der Waals surface area contributed by atoms with E-state index in [1.165, 1.54) is 4.90 Å². The van der Waals surface area contributed by atoms with Crippen molar-refractivity contribution in [3.05, 3.63) is 88.2 Å². The molecule has 0 unspecified atom stereocenters. The molecule has 0 bridgehead atoms. The molecule has 1 fully saturated rings. The lowest BCUT2D eigenvalue weighted by Crippen LogP contribution is -2.53. The molecule has 0 spiro atoms. The molecule has 1 saturated heterocycles. The number of aliphatic carboxylic acids is 1. The van der Waals surface area contributed by atoms with Crippen molar-refractivity contribution in [1.82, 2.24) is 9.97 Å². The summed E-state index contributed by atoms with van der Waals surface area (Å²) < 4.78 is 0. The van der Waals surface area contributed by atoms with E-state index in [0.717, 1.165) is 11.1 Å². The van der Waals surface area contributed by atoms with E-state index in [-0.39, 0.29) is 24.2 Å². The Labute approximate surface area is 195 Å². The Morgan fingerprint density at radius 2 is 1.75 bits per heavy atom. The Hall–Kier alpha value is -2.96. The second-order valence-corrected chi connectivity index (χ2v) is 9.09. The summed E-state index contributed by atoms with van der Waals surface area (Å²) in [5.74, 6) is -1.39. The van der Waals surface area contributed by atoms with Crippen LogP contribution < -0.4 is 4.90 Å². The van der Waals surface area contributed by atoms with Gasteiger partial charge in [-0.3, -0.25) is 14.5 Å². The van der Waals surface area contributed by atoms with Crippen LogP contribution in [0.5, 0.6) is 0 Å². The van der Waals surface area contributed by atoms with E-state index in [9.17, 15) is 14.7 Å². The lowest BCUT2D eigenvalue weighted by molar-refractivity contribution is -0.145. The van der Waals surface area contributed by atoms with Crippen LogP contribution in [0, 0.1) is 5.41 Å². The largest absolute Gasteiger partial charge is 0.481 e. The third-order valence-corrected chi connectivity index (χ3v) is 6.35. The zero-order valence-electron chi connectivity index (χ0n) is 17.3. The van der Waals surface area contributed by atoms with Crippen LogP contribution in [-0.2, 0) is 9.59 Å². The topological polar surface area (TPSA) is 83.4 Å². The SMILES string of the molecule is C[C@@]1(CC(=O)O)C[C@H](c2cccc(Cl)c2)[C@@H](c2ccc(Cl)cc2)N(c2ncccn2)C1=O. The molecule has 3 atom stereocenters. The van der Waals surface area contributed by atoms with Gasteiger partial charge in [0, 0.05) is 28.4 Å². The maximum Gasteiger partial charge on any atom is 0.304 e. The zero-order valence-corrected chi connectivity index (χ0v) is 18.8. The lowest BCUT2D eigenvalue weighted by Gasteiger charge is -2.47. The molecule has 2 heterocycles. The monoisotopic (exact) mass is 469 g/mol. The molecule has 1 aliphatic rings. The predicted molar refractivity (Wildman–Crippen MR) is 123 cm³/mol. The van der Waals surface area contributed by atoms with Crippen LogP contribution >= 0.6 is 23.2 Å². The number of carboxylic acids is 1. The van der Waals surface area contributed by atoms with Crippen molar-refractivity contribution in [2.24, 2.45) is 5.41 Å². The molecule has 2 aromatic carbocycles. The lowest BCUT2D eigenvalue weighted by atomic mass is 9.67. The van der Waals surface area contributed by atoms with E-state index < -0.39 is 17.4 Å². The van der Waals surface area contributed by atoms with Crippen LogP contribution in [0.25, 0.3) is 0 Å². The fraction of sp³-hybridized carbons (Fsp3) is 0.250. The highest BCUT2D eigenvalue weighted by atomic mass is 35.5. The number of carbonyl (C=O) groups is 2. The van der Waals surface area contributed by atoms with Crippen molar-refractivity contribution in [2.75, 3.05) is 4.90 Å². The van der Waals surface area contributed by atoms with Gasteiger partial charge < -0.3 is 5.11 Å². The minimum absolute atomic E-state index is 0.223. The maximum atomic E-state index is 13.8. The van der Waals surface area contributed by atoms with Crippen molar-refractivity contribution >= 4 is 41.0 Å². The van der Waals surface area contributed by atoms with Gasteiger partial charge in [0.25, 0.3) is 0 Å². The fourth-order valence-electron chi connectivity index (χ4n) is 4.47. The Morgan fingerprint density at radius 1 is 1.06 bits per heavy atom. The van der Waals surface area contributed by atoms with Crippen LogP contribution in [0.2, 0.25) is 10.0 Å². The Balaban J connectivity index is 1.94. The number of hydrogen-bond acceptors (Lipinski definition) is 4. The molecule has 164 valence electrons. The standard InChI is InChI=1S/C24H21Cl2N3O3/c1-24(14-20(30)31)13-19(16-4-2-5-18(26)12-16)21(15-6-8-17(25)9-7-15)29(22(24)32)23-27-10-3-11-28-23/h2-12,19,21H,13-14H2,1H3,(H,30,31)/t19-,21-,24+/m1/s1. The van der Waals surface area contributed by atoms with Gasteiger partial charge in [-0.1, -0.05) is 54.4 Å². The van der Waals surface area contributed by atoms with Gasteiger partial charge in [0.05, 0.1) is 17.9 Å². The van der Waals surface area contributed by atoms with Crippen LogP contribution in [0.15, 0.2) is 67.0 Å². The number of hydrogen-bond donors (Lipinski definition) is 1. The summed E-state index contributed by atoms with van der Waals surface area (Å²) in [4.78, 5) is 35.7. The molecule has 4 rings (SSSR count). The van der Waals surface area contributed by atoms with E-state index in [2.05, 4.69) is 9.97 Å². The van der Waals surface area contributed by atoms with E-state index >= 15 is 0 Å². The highest BCUT2D eigenvalue weighted by molar-refractivity contribution is 6.30. The summed E-state index contributed by atoms with van der Waals surface area (Å²) in [6, 6.07) is 15.9. The number of carbonyl (C=O) groups excluding carboxylic acids is 1. The molecule has 32 heavy (non-hydrogen) atoms. The van der Waals surface area contributed by atoms with Gasteiger partial charge >= 0.3 is 5.97 Å². The molecule has 0 aliphatic carbocycles. The number of halogens is 2. The van der Waals surface area contributed by atoms with Gasteiger partial charge in [0.15, 0.2) is 0 Å². The summed E-state index contributed by atoms with van der Waals surface area (Å²) in [6.45, 7) is 1.69. The van der Waals surface area contributed by atoms with Gasteiger partial charge in [0.1, 0.15) is 0 Å². The highest BCUT2D eigenvalue weighted by Gasteiger charge is 2.52. The Bertz CT molecular complexity index is 1140. The fourth-order valence-corrected chi connectivity index (χ4v) is 4.80.